The highest BCUT2D eigenvalue weighted by atomic mass is 16.1. The summed E-state index contributed by atoms with van der Waals surface area (Å²) in [6, 6.07) is 6.39. The predicted molar refractivity (Wildman–Crippen MR) is 58.1 cm³/mol. The third kappa shape index (κ3) is 1.19. The average molecular weight is 200 g/mol. The summed E-state index contributed by atoms with van der Waals surface area (Å²) in [5, 5.41) is 0. The number of fused-ring (bicyclic) bond motifs is 1. The van der Waals surface area contributed by atoms with Crippen LogP contribution in [0.1, 0.15) is 35.1 Å². The maximum absolute atomic E-state index is 10.9. The second kappa shape index (κ2) is 2.92. The molecular formula is C12H12N2O. The van der Waals surface area contributed by atoms with E-state index in [9.17, 15) is 4.79 Å². The molecule has 0 radical (unpaired) electrons. The third-order valence-corrected chi connectivity index (χ3v) is 2.97. The molecule has 0 N–H and O–H groups in total. The number of hydrogen-bond acceptors (Lipinski definition) is 2. The highest BCUT2D eigenvalue weighted by Gasteiger charge is 2.27. The van der Waals surface area contributed by atoms with Crippen molar-refractivity contribution >= 4 is 17.3 Å². The van der Waals surface area contributed by atoms with Crippen molar-refractivity contribution in [2.75, 3.05) is 0 Å². The Labute approximate surface area is 87.7 Å². The molecule has 0 unspecified atom stereocenters. The van der Waals surface area contributed by atoms with Crippen LogP contribution < -0.4 is 0 Å². The normalized spacial score (nSPS) is 15.8. The standard InChI is InChI=1S/C12H12N2O/c1-8-13-12-9(7-15)3-2-4-11(12)14(8)10-5-6-10/h2-4,7,10H,5-6H2,1H3. The molecule has 1 saturated carbocycles. The molecule has 0 saturated heterocycles. The van der Waals surface area contributed by atoms with E-state index in [2.05, 4.69) is 9.55 Å². The van der Waals surface area contributed by atoms with Gasteiger partial charge in [-0.1, -0.05) is 6.07 Å². The van der Waals surface area contributed by atoms with E-state index in [-0.39, 0.29) is 0 Å². The number of carbonyl (C=O) groups is 1. The number of rotatable bonds is 2. The number of carbonyl (C=O) groups excluding carboxylic acids is 1. The topological polar surface area (TPSA) is 34.9 Å². The van der Waals surface area contributed by atoms with E-state index >= 15 is 0 Å². The Bertz CT molecular complexity index is 538. The second-order valence-corrected chi connectivity index (χ2v) is 4.09. The van der Waals surface area contributed by atoms with Crippen LogP contribution in [-0.4, -0.2) is 15.8 Å². The summed E-state index contributed by atoms with van der Waals surface area (Å²) < 4.78 is 2.25. The Balaban J connectivity index is 2.36. The summed E-state index contributed by atoms with van der Waals surface area (Å²) in [4.78, 5) is 15.4. The van der Waals surface area contributed by atoms with Gasteiger partial charge in [0.25, 0.3) is 0 Å². The molecule has 3 nitrogen and oxygen atoms in total. The van der Waals surface area contributed by atoms with Crippen molar-refractivity contribution in [3.63, 3.8) is 0 Å². The molecule has 1 aromatic heterocycles. The van der Waals surface area contributed by atoms with Gasteiger partial charge < -0.3 is 4.57 Å². The van der Waals surface area contributed by atoms with E-state index in [1.165, 1.54) is 12.8 Å². The molecule has 1 aliphatic rings. The van der Waals surface area contributed by atoms with Crippen LogP contribution in [0.15, 0.2) is 18.2 Å². The molecule has 0 spiro atoms. The molecule has 1 heterocycles. The molecule has 1 aromatic carbocycles. The number of hydrogen-bond donors (Lipinski definition) is 0. The van der Waals surface area contributed by atoms with Gasteiger partial charge in [-0.25, -0.2) is 4.98 Å². The molecule has 3 rings (SSSR count). The van der Waals surface area contributed by atoms with Gasteiger partial charge in [0.05, 0.1) is 11.0 Å². The Kier molecular flexibility index (Phi) is 1.69. The van der Waals surface area contributed by atoms with Crippen LogP contribution in [0.5, 0.6) is 0 Å². The second-order valence-electron chi connectivity index (χ2n) is 4.09. The molecule has 1 aliphatic carbocycles. The van der Waals surface area contributed by atoms with Gasteiger partial charge in [-0.2, -0.15) is 0 Å². The number of aryl methyl sites for hydroxylation is 1. The number of benzene rings is 1. The van der Waals surface area contributed by atoms with Crippen molar-refractivity contribution in [3.05, 3.63) is 29.6 Å². The van der Waals surface area contributed by atoms with Crippen molar-refractivity contribution < 1.29 is 4.79 Å². The molecule has 0 amide bonds. The molecule has 1 fully saturated rings. The lowest BCUT2D eigenvalue weighted by molar-refractivity contribution is 0.112. The molecule has 0 bridgehead atoms. The van der Waals surface area contributed by atoms with Crippen molar-refractivity contribution in [1.29, 1.82) is 0 Å². The lowest BCUT2D eigenvalue weighted by atomic mass is 10.2. The number of nitrogens with zero attached hydrogens (tertiary/aromatic N) is 2. The van der Waals surface area contributed by atoms with Crippen molar-refractivity contribution in [1.82, 2.24) is 9.55 Å². The summed E-state index contributed by atoms with van der Waals surface area (Å²) in [7, 11) is 0. The minimum Gasteiger partial charge on any atom is -0.325 e. The quantitative estimate of drug-likeness (QED) is 0.698. The fourth-order valence-electron chi connectivity index (χ4n) is 2.14. The number of imidazole rings is 1. The summed E-state index contributed by atoms with van der Waals surface area (Å²) >= 11 is 0. The Morgan fingerprint density at radius 3 is 2.93 bits per heavy atom. The minimum atomic E-state index is 0.608. The Hall–Kier alpha value is -1.64. The average Bonchev–Trinajstić information content (AvgIpc) is 3.00. The molecule has 76 valence electrons. The van der Waals surface area contributed by atoms with Gasteiger partial charge in [-0.05, 0) is 31.9 Å². The first-order valence-electron chi connectivity index (χ1n) is 5.24. The fraction of sp³-hybridized carbons (Fsp3) is 0.333. The van der Waals surface area contributed by atoms with Gasteiger partial charge in [-0.3, -0.25) is 4.79 Å². The first-order chi connectivity index (χ1) is 7.31. The summed E-state index contributed by atoms with van der Waals surface area (Å²) in [5.41, 5.74) is 2.63. The lowest BCUT2D eigenvalue weighted by Gasteiger charge is -2.03. The van der Waals surface area contributed by atoms with E-state index in [0.717, 1.165) is 23.1 Å². The zero-order valence-corrected chi connectivity index (χ0v) is 8.60. The molecule has 0 atom stereocenters. The van der Waals surface area contributed by atoms with Gasteiger partial charge in [0.1, 0.15) is 5.82 Å². The SMILES string of the molecule is Cc1nc2c(C=O)cccc2n1C1CC1. The zero-order valence-electron chi connectivity index (χ0n) is 8.60. The van der Waals surface area contributed by atoms with Crippen LogP contribution in [0.25, 0.3) is 11.0 Å². The molecule has 0 aliphatic heterocycles. The third-order valence-electron chi connectivity index (χ3n) is 2.97. The number of aldehydes is 1. The van der Waals surface area contributed by atoms with Crippen LogP contribution in [0.4, 0.5) is 0 Å². The van der Waals surface area contributed by atoms with Crippen LogP contribution in [0.3, 0.4) is 0 Å². The van der Waals surface area contributed by atoms with Crippen LogP contribution in [0.2, 0.25) is 0 Å². The van der Waals surface area contributed by atoms with E-state index in [4.69, 9.17) is 0 Å². The number of para-hydroxylation sites is 1. The van der Waals surface area contributed by atoms with Crippen LogP contribution in [0, 0.1) is 6.92 Å². The van der Waals surface area contributed by atoms with Gasteiger partial charge in [-0.15, -0.1) is 0 Å². The van der Waals surface area contributed by atoms with Crippen molar-refractivity contribution in [3.8, 4) is 0 Å². The molecule has 3 heteroatoms. The summed E-state index contributed by atoms with van der Waals surface area (Å²) in [6.45, 7) is 2.01. The van der Waals surface area contributed by atoms with E-state index in [0.29, 0.717) is 11.6 Å². The van der Waals surface area contributed by atoms with Crippen molar-refractivity contribution in [2.24, 2.45) is 0 Å². The Morgan fingerprint density at radius 1 is 1.47 bits per heavy atom. The lowest BCUT2D eigenvalue weighted by Crippen LogP contribution is -1.95. The van der Waals surface area contributed by atoms with Crippen molar-refractivity contribution in [2.45, 2.75) is 25.8 Å². The van der Waals surface area contributed by atoms with Gasteiger partial charge in [0, 0.05) is 11.6 Å². The predicted octanol–water partition coefficient (Wildman–Crippen LogP) is 2.49. The zero-order chi connectivity index (χ0) is 10.4. The minimum absolute atomic E-state index is 0.608. The molecule has 2 aromatic rings. The fourth-order valence-corrected chi connectivity index (χ4v) is 2.14. The molecular weight excluding hydrogens is 188 g/mol. The smallest absolute Gasteiger partial charge is 0.152 e. The summed E-state index contributed by atoms with van der Waals surface area (Å²) in [5.74, 6) is 1.02. The number of aromatic nitrogens is 2. The first kappa shape index (κ1) is 8.65. The van der Waals surface area contributed by atoms with E-state index in [1.54, 1.807) is 0 Å². The maximum Gasteiger partial charge on any atom is 0.152 e. The Morgan fingerprint density at radius 2 is 2.27 bits per heavy atom. The van der Waals surface area contributed by atoms with Crippen LogP contribution in [-0.2, 0) is 0 Å². The maximum atomic E-state index is 10.9. The van der Waals surface area contributed by atoms with E-state index in [1.807, 2.05) is 25.1 Å². The monoisotopic (exact) mass is 200 g/mol. The highest BCUT2D eigenvalue weighted by molar-refractivity contribution is 5.94. The summed E-state index contributed by atoms with van der Waals surface area (Å²) in [6.07, 6.45) is 3.35. The van der Waals surface area contributed by atoms with Gasteiger partial charge in [0.15, 0.2) is 6.29 Å². The highest BCUT2D eigenvalue weighted by Crippen LogP contribution is 2.38. The van der Waals surface area contributed by atoms with Gasteiger partial charge >= 0.3 is 0 Å². The van der Waals surface area contributed by atoms with Crippen LogP contribution >= 0.6 is 0 Å². The first-order valence-corrected chi connectivity index (χ1v) is 5.24. The molecule has 15 heavy (non-hydrogen) atoms. The van der Waals surface area contributed by atoms with Gasteiger partial charge in [0.2, 0.25) is 0 Å². The van der Waals surface area contributed by atoms with E-state index < -0.39 is 0 Å². The largest absolute Gasteiger partial charge is 0.325 e.